The van der Waals surface area contributed by atoms with Gasteiger partial charge in [0.15, 0.2) is 0 Å². The number of ether oxygens (including phenoxy) is 3. The zero-order valence-corrected chi connectivity index (χ0v) is 28.1. The molecule has 0 spiro atoms. The number of cyclic esters (lactones) is 1. The molecule has 11 atom stereocenters. The van der Waals surface area contributed by atoms with Crippen molar-refractivity contribution >= 4 is 17.9 Å². The Labute approximate surface area is 259 Å². The molecule has 1 N–H and O–H groups in total. The lowest BCUT2D eigenvalue weighted by molar-refractivity contribution is -0.186. The minimum Gasteiger partial charge on any atom is -0.462 e. The summed E-state index contributed by atoms with van der Waals surface area (Å²) in [6, 6.07) is 0. The van der Waals surface area contributed by atoms with Crippen LogP contribution < -0.4 is 0 Å². The lowest BCUT2D eigenvalue weighted by atomic mass is 9.43. The SMILES string of the molecule is CCC(C)(C)C(=O)O[C@H]1CC[C@@]2(C)C(C1)C[C@@H](O)C1C3CCC(C(C)CCC(=O)OC4C(=O)OCC4(C)C)[C@@]3(C)CCC12. The van der Waals surface area contributed by atoms with Gasteiger partial charge in [-0.05, 0) is 124 Å². The van der Waals surface area contributed by atoms with Crippen LogP contribution in [0.3, 0.4) is 0 Å². The van der Waals surface area contributed by atoms with Crippen LogP contribution in [0.4, 0.5) is 0 Å². The summed E-state index contributed by atoms with van der Waals surface area (Å²) in [5, 5.41) is 11.7. The molecule has 1 aliphatic heterocycles. The zero-order valence-electron chi connectivity index (χ0n) is 28.1. The van der Waals surface area contributed by atoms with Crippen molar-refractivity contribution in [3.8, 4) is 0 Å². The molecule has 0 aromatic heterocycles. The quantitative estimate of drug-likeness (QED) is 0.239. The van der Waals surface area contributed by atoms with Crippen LogP contribution in [0.2, 0.25) is 0 Å². The smallest absolute Gasteiger partial charge is 0.348 e. The van der Waals surface area contributed by atoms with E-state index in [1.54, 1.807) is 0 Å². The van der Waals surface area contributed by atoms with Crippen LogP contribution >= 0.6 is 0 Å². The summed E-state index contributed by atoms with van der Waals surface area (Å²) in [7, 11) is 0. The standard InChI is InChI=1S/C36H58O7/c1-9-33(3,4)32(40)42-23-14-16-35(7)22(18-23)19-27(37)29-25-12-11-24(36(25,8)17-15-26(29)35)21(2)10-13-28(38)43-30-31(39)41-20-34(30,5)6/h21-27,29-30,37H,9-20H2,1-8H3/t21?,22?,23-,24?,25?,26?,27+,29?,30?,35-,36+/m0/s1. The number of fused-ring (bicyclic) bond motifs is 5. The summed E-state index contributed by atoms with van der Waals surface area (Å²) in [4.78, 5) is 37.7. The van der Waals surface area contributed by atoms with E-state index in [2.05, 4.69) is 20.8 Å². The minimum atomic E-state index is -0.817. The molecule has 1 heterocycles. The van der Waals surface area contributed by atoms with Gasteiger partial charge >= 0.3 is 17.9 Å². The average Bonchev–Trinajstić information content (AvgIpc) is 3.43. The molecular formula is C36H58O7. The second-order valence-electron chi connectivity index (χ2n) is 17.0. The summed E-state index contributed by atoms with van der Waals surface area (Å²) in [6.45, 7) is 17.2. The van der Waals surface area contributed by atoms with E-state index in [9.17, 15) is 19.5 Å². The van der Waals surface area contributed by atoms with Gasteiger partial charge in [0, 0.05) is 11.8 Å². The topological polar surface area (TPSA) is 99.1 Å². The maximum atomic E-state index is 12.8. The van der Waals surface area contributed by atoms with Gasteiger partial charge in [0.1, 0.15) is 12.7 Å². The molecule has 244 valence electrons. The predicted molar refractivity (Wildman–Crippen MR) is 164 cm³/mol. The van der Waals surface area contributed by atoms with Crippen molar-refractivity contribution < 1.29 is 33.7 Å². The van der Waals surface area contributed by atoms with Crippen LogP contribution in [0.25, 0.3) is 0 Å². The Morgan fingerprint density at radius 1 is 1.00 bits per heavy atom. The zero-order chi connectivity index (χ0) is 31.5. The van der Waals surface area contributed by atoms with Gasteiger partial charge in [0.05, 0.1) is 11.5 Å². The van der Waals surface area contributed by atoms with Crippen LogP contribution in [-0.4, -0.2) is 47.9 Å². The van der Waals surface area contributed by atoms with Gasteiger partial charge in [-0.25, -0.2) is 4.79 Å². The first kappa shape index (κ1) is 32.8. The molecule has 0 aromatic rings. The van der Waals surface area contributed by atoms with E-state index in [1.165, 1.54) is 6.42 Å². The maximum Gasteiger partial charge on any atom is 0.348 e. The summed E-state index contributed by atoms with van der Waals surface area (Å²) >= 11 is 0. The van der Waals surface area contributed by atoms with E-state index >= 15 is 0 Å². The molecule has 7 heteroatoms. The molecule has 4 aliphatic carbocycles. The molecular weight excluding hydrogens is 544 g/mol. The van der Waals surface area contributed by atoms with Gasteiger partial charge in [0.25, 0.3) is 0 Å². The first-order valence-corrected chi connectivity index (χ1v) is 17.3. The molecule has 43 heavy (non-hydrogen) atoms. The number of esters is 3. The first-order valence-electron chi connectivity index (χ1n) is 17.3. The Morgan fingerprint density at radius 3 is 2.33 bits per heavy atom. The third-order valence-electron chi connectivity index (χ3n) is 13.7. The van der Waals surface area contributed by atoms with Gasteiger partial charge in [-0.2, -0.15) is 0 Å². The van der Waals surface area contributed by atoms with Crippen molar-refractivity contribution in [1.29, 1.82) is 0 Å². The fourth-order valence-corrected chi connectivity index (χ4v) is 10.4. The number of rotatable bonds is 8. The van der Waals surface area contributed by atoms with Crippen LogP contribution in [0.1, 0.15) is 126 Å². The normalized spacial score (nSPS) is 42.7. The fourth-order valence-electron chi connectivity index (χ4n) is 10.4. The monoisotopic (exact) mass is 602 g/mol. The van der Waals surface area contributed by atoms with Crippen molar-refractivity contribution in [2.24, 2.45) is 57.2 Å². The van der Waals surface area contributed by atoms with Crippen molar-refractivity contribution in [2.45, 2.75) is 144 Å². The Kier molecular flexibility index (Phi) is 8.85. The summed E-state index contributed by atoms with van der Waals surface area (Å²) < 4.78 is 16.8. The number of hydrogen-bond donors (Lipinski definition) is 1. The van der Waals surface area contributed by atoms with Crippen LogP contribution in [0.5, 0.6) is 0 Å². The molecule has 5 aliphatic rings. The number of carbonyl (C=O) groups is 3. The lowest BCUT2D eigenvalue weighted by Gasteiger charge is -2.62. The second-order valence-corrected chi connectivity index (χ2v) is 17.0. The predicted octanol–water partition coefficient (Wildman–Crippen LogP) is 6.88. The third-order valence-corrected chi connectivity index (χ3v) is 13.7. The van der Waals surface area contributed by atoms with Crippen LogP contribution in [-0.2, 0) is 28.6 Å². The van der Waals surface area contributed by atoms with E-state index in [1.807, 2.05) is 34.6 Å². The lowest BCUT2D eigenvalue weighted by Crippen LogP contribution is -2.59. The molecule has 4 saturated carbocycles. The van der Waals surface area contributed by atoms with E-state index < -0.39 is 22.9 Å². The van der Waals surface area contributed by atoms with E-state index in [-0.39, 0.29) is 41.6 Å². The average molecular weight is 603 g/mol. The van der Waals surface area contributed by atoms with Gasteiger partial charge in [-0.15, -0.1) is 0 Å². The van der Waals surface area contributed by atoms with Crippen LogP contribution in [0, 0.1) is 57.2 Å². The molecule has 0 bridgehead atoms. The van der Waals surface area contributed by atoms with E-state index in [4.69, 9.17) is 14.2 Å². The number of aliphatic hydroxyl groups excluding tert-OH is 1. The minimum absolute atomic E-state index is 0.0391. The maximum absolute atomic E-state index is 12.8. The van der Waals surface area contributed by atoms with E-state index in [0.29, 0.717) is 41.9 Å². The molecule has 0 aromatic carbocycles. The molecule has 0 radical (unpaired) electrons. The van der Waals surface area contributed by atoms with Crippen molar-refractivity contribution in [3.05, 3.63) is 0 Å². The number of aliphatic hydroxyl groups is 1. The Hall–Kier alpha value is -1.63. The van der Waals surface area contributed by atoms with Crippen molar-refractivity contribution in [2.75, 3.05) is 6.61 Å². The Balaban J connectivity index is 1.21. The molecule has 7 nitrogen and oxygen atoms in total. The summed E-state index contributed by atoms with van der Waals surface area (Å²) in [6.07, 6.45) is 8.91. The molecule has 7 unspecified atom stereocenters. The number of carbonyl (C=O) groups excluding carboxylic acids is 3. The molecule has 5 fully saturated rings. The summed E-state index contributed by atoms with van der Waals surface area (Å²) in [5.74, 6) is 1.73. The van der Waals surface area contributed by atoms with Crippen molar-refractivity contribution in [1.82, 2.24) is 0 Å². The van der Waals surface area contributed by atoms with Crippen LogP contribution in [0.15, 0.2) is 0 Å². The van der Waals surface area contributed by atoms with Gasteiger partial charge in [-0.1, -0.05) is 41.5 Å². The highest BCUT2D eigenvalue weighted by Gasteiger charge is 2.63. The largest absolute Gasteiger partial charge is 0.462 e. The second kappa shape index (κ2) is 11.6. The van der Waals surface area contributed by atoms with Gasteiger partial charge in [-0.3, -0.25) is 9.59 Å². The molecule has 1 saturated heterocycles. The summed E-state index contributed by atoms with van der Waals surface area (Å²) in [5.41, 5.74) is -0.611. The molecule has 0 amide bonds. The molecule has 5 rings (SSSR count). The Morgan fingerprint density at radius 2 is 1.67 bits per heavy atom. The van der Waals surface area contributed by atoms with Gasteiger partial charge < -0.3 is 19.3 Å². The highest BCUT2D eigenvalue weighted by atomic mass is 16.6. The third kappa shape index (κ3) is 5.78. The Bertz CT molecular complexity index is 1080. The van der Waals surface area contributed by atoms with Gasteiger partial charge in [0.2, 0.25) is 6.10 Å². The first-order chi connectivity index (χ1) is 20.0. The number of hydrogen-bond acceptors (Lipinski definition) is 7. The van der Waals surface area contributed by atoms with Crippen molar-refractivity contribution in [3.63, 3.8) is 0 Å². The highest BCUT2D eigenvalue weighted by Crippen LogP contribution is 2.68. The fraction of sp³-hybridized carbons (Fsp3) is 0.917. The highest BCUT2D eigenvalue weighted by molar-refractivity contribution is 5.81. The van der Waals surface area contributed by atoms with E-state index in [0.717, 1.165) is 57.8 Å².